The number of amides is 1. The monoisotopic (exact) mass is 333 g/mol. The van der Waals surface area contributed by atoms with Crippen molar-refractivity contribution in [3.8, 4) is 17.2 Å². The fraction of sp³-hybridized carbons (Fsp3) is 0.278. The highest BCUT2D eigenvalue weighted by Gasteiger charge is 2.13. The summed E-state index contributed by atoms with van der Waals surface area (Å²) in [7, 11) is 2.93. The minimum absolute atomic E-state index is 0.0964. The van der Waals surface area contributed by atoms with Crippen molar-refractivity contribution in [3.63, 3.8) is 0 Å². The van der Waals surface area contributed by atoms with Gasteiger partial charge < -0.3 is 19.5 Å². The lowest BCUT2D eigenvalue weighted by Gasteiger charge is -2.16. The summed E-state index contributed by atoms with van der Waals surface area (Å²) < 4.78 is 29.3. The number of para-hydroxylation sites is 2. The van der Waals surface area contributed by atoms with Crippen LogP contribution in [0.3, 0.4) is 0 Å². The molecule has 0 saturated heterocycles. The third kappa shape index (κ3) is 4.38. The van der Waals surface area contributed by atoms with Crippen LogP contribution in [0.4, 0.5) is 4.39 Å². The highest BCUT2D eigenvalue weighted by molar-refractivity contribution is 5.94. The second kappa shape index (κ2) is 8.19. The predicted octanol–water partition coefficient (Wildman–Crippen LogP) is 3.04. The van der Waals surface area contributed by atoms with E-state index in [1.54, 1.807) is 26.2 Å². The Kier molecular flexibility index (Phi) is 6.01. The lowest BCUT2D eigenvalue weighted by Crippen LogP contribution is -2.36. The smallest absolute Gasteiger partial charge is 0.251 e. The number of ether oxygens (including phenoxy) is 3. The van der Waals surface area contributed by atoms with Gasteiger partial charge in [-0.2, -0.15) is 0 Å². The second-order valence-electron chi connectivity index (χ2n) is 5.19. The summed E-state index contributed by atoms with van der Waals surface area (Å²) in [4.78, 5) is 12.1. The largest absolute Gasteiger partial charge is 0.494 e. The third-order valence-corrected chi connectivity index (χ3v) is 3.35. The maximum Gasteiger partial charge on any atom is 0.251 e. The van der Waals surface area contributed by atoms with Gasteiger partial charge >= 0.3 is 0 Å². The van der Waals surface area contributed by atoms with Crippen molar-refractivity contribution in [1.82, 2.24) is 5.32 Å². The lowest BCUT2D eigenvalue weighted by atomic mass is 10.2. The summed E-state index contributed by atoms with van der Waals surface area (Å²) in [6, 6.07) is 11.0. The molecule has 1 N–H and O–H groups in total. The van der Waals surface area contributed by atoms with Crippen LogP contribution in [0.5, 0.6) is 17.2 Å². The lowest BCUT2D eigenvalue weighted by molar-refractivity contribution is 0.0925. The SMILES string of the molecule is COc1ccc(C(=O)N[C@H](C)COc2ccccc2OC)cc1F. The third-order valence-electron chi connectivity index (χ3n) is 3.35. The Morgan fingerprint density at radius 2 is 1.75 bits per heavy atom. The minimum Gasteiger partial charge on any atom is -0.494 e. The van der Waals surface area contributed by atoms with Gasteiger partial charge in [0.25, 0.3) is 5.91 Å². The highest BCUT2D eigenvalue weighted by atomic mass is 19.1. The number of methoxy groups -OCH3 is 2. The molecule has 2 aromatic carbocycles. The van der Waals surface area contributed by atoms with Gasteiger partial charge in [-0.25, -0.2) is 4.39 Å². The summed E-state index contributed by atoms with van der Waals surface area (Å²) in [5, 5.41) is 2.76. The Balaban J connectivity index is 1.93. The van der Waals surface area contributed by atoms with Crippen LogP contribution >= 0.6 is 0 Å². The maximum atomic E-state index is 13.7. The molecule has 2 aromatic rings. The number of carbonyl (C=O) groups is 1. The molecule has 24 heavy (non-hydrogen) atoms. The van der Waals surface area contributed by atoms with Crippen LogP contribution in [-0.2, 0) is 0 Å². The van der Waals surface area contributed by atoms with Crippen LogP contribution in [0.1, 0.15) is 17.3 Å². The quantitative estimate of drug-likeness (QED) is 0.846. The van der Waals surface area contributed by atoms with Crippen LogP contribution in [-0.4, -0.2) is 32.8 Å². The van der Waals surface area contributed by atoms with E-state index in [1.165, 1.54) is 19.2 Å². The molecule has 0 unspecified atom stereocenters. The molecule has 2 rings (SSSR count). The van der Waals surface area contributed by atoms with Crippen molar-refractivity contribution in [1.29, 1.82) is 0 Å². The number of halogens is 1. The Hall–Kier alpha value is -2.76. The normalized spacial score (nSPS) is 11.5. The molecule has 6 heteroatoms. The first-order chi connectivity index (χ1) is 11.5. The predicted molar refractivity (Wildman–Crippen MR) is 88.4 cm³/mol. The summed E-state index contributed by atoms with van der Waals surface area (Å²) in [5.41, 5.74) is 0.220. The summed E-state index contributed by atoms with van der Waals surface area (Å²) in [5.74, 6) is 0.347. The molecule has 5 nitrogen and oxygen atoms in total. The number of carbonyl (C=O) groups excluding carboxylic acids is 1. The van der Waals surface area contributed by atoms with Gasteiger partial charge in [-0.3, -0.25) is 4.79 Å². The molecule has 0 spiro atoms. The van der Waals surface area contributed by atoms with Gasteiger partial charge in [-0.05, 0) is 37.3 Å². The van der Waals surface area contributed by atoms with Gasteiger partial charge in [-0.15, -0.1) is 0 Å². The molecule has 0 aromatic heterocycles. The minimum atomic E-state index is -0.580. The number of hydrogen-bond donors (Lipinski definition) is 1. The number of rotatable bonds is 7. The van der Waals surface area contributed by atoms with Gasteiger partial charge in [0.05, 0.1) is 20.3 Å². The van der Waals surface area contributed by atoms with E-state index in [0.717, 1.165) is 6.07 Å². The molecule has 1 amide bonds. The van der Waals surface area contributed by atoms with E-state index in [0.29, 0.717) is 11.5 Å². The Bertz CT molecular complexity index is 705. The summed E-state index contributed by atoms with van der Waals surface area (Å²) in [6.45, 7) is 2.05. The zero-order valence-electron chi connectivity index (χ0n) is 13.8. The number of hydrogen-bond acceptors (Lipinski definition) is 4. The first-order valence-electron chi connectivity index (χ1n) is 7.45. The van der Waals surface area contributed by atoms with Crippen LogP contribution in [0.2, 0.25) is 0 Å². The van der Waals surface area contributed by atoms with Crippen LogP contribution in [0, 0.1) is 5.82 Å². The molecule has 1 atom stereocenters. The van der Waals surface area contributed by atoms with Gasteiger partial charge in [0.15, 0.2) is 23.1 Å². The molecule has 0 aliphatic carbocycles. The molecule has 0 radical (unpaired) electrons. The second-order valence-corrected chi connectivity index (χ2v) is 5.19. The van der Waals surface area contributed by atoms with Crippen molar-refractivity contribution in [3.05, 3.63) is 53.8 Å². The van der Waals surface area contributed by atoms with E-state index in [2.05, 4.69) is 5.32 Å². The van der Waals surface area contributed by atoms with Gasteiger partial charge in [0.1, 0.15) is 6.61 Å². The summed E-state index contributed by atoms with van der Waals surface area (Å²) >= 11 is 0. The van der Waals surface area contributed by atoms with Crippen molar-refractivity contribution >= 4 is 5.91 Å². The molecule has 0 saturated carbocycles. The average molecular weight is 333 g/mol. The van der Waals surface area contributed by atoms with E-state index in [9.17, 15) is 9.18 Å². The van der Waals surface area contributed by atoms with Crippen LogP contribution < -0.4 is 19.5 Å². The standard InChI is InChI=1S/C18H20FNO4/c1-12(11-24-17-7-5-4-6-16(17)23-3)20-18(21)13-8-9-15(22-2)14(19)10-13/h4-10,12H,11H2,1-3H3,(H,20,21)/t12-/m1/s1. The van der Waals surface area contributed by atoms with E-state index in [4.69, 9.17) is 14.2 Å². The first kappa shape index (κ1) is 17.6. The average Bonchev–Trinajstić information content (AvgIpc) is 2.60. The van der Waals surface area contributed by atoms with Crippen LogP contribution in [0.25, 0.3) is 0 Å². The van der Waals surface area contributed by atoms with E-state index >= 15 is 0 Å². The van der Waals surface area contributed by atoms with Crippen molar-refractivity contribution < 1.29 is 23.4 Å². The fourth-order valence-electron chi connectivity index (χ4n) is 2.11. The Morgan fingerprint density at radius 3 is 2.38 bits per heavy atom. The Labute approximate surface area is 140 Å². The molecule has 0 fully saturated rings. The molecular formula is C18H20FNO4. The number of benzene rings is 2. The number of nitrogens with one attached hydrogen (secondary N) is 1. The Morgan fingerprint density at radius 1 is 1.08 bits per heavy atom. The topological polar surface area (TPSA) is 56.8 Å². The zero-order valence-corrected chi connectivity index (χ0v) is 13.8. The van der Waals surface area contributed by atoms with E-state index in [-0.39, 0.29) is 29.9 Å². The van der Waals surface area contributed by atoms with E-state index < -0.39 is 5.82 Å². The van der Waals surface area contributed by atoms with Crippen molar-refractivity contribution in [2.45, 2.75) is 13.0 Å². The van der Waals surface area contributed by atoms with Gasteiger partial charge in [0, 0.05) is 5.56 Å². The van der Waals surface area contributed by atoms with Gasteiger partial charge in [0.2, 0.25) is 0 Å². The molecular weight excluding hydrogens is 313 g/mol. The van der Waals surface area contributed by atoms with Crippen molar-refractivity contribution in [2.75, 3.05) is 20.8 Å². The zero-order chi connectivity index (χ0) is 17.5. The summed E-state index contributed by atoms with van der Waals surface area (Å²) in [6.07, 6.45) is 0. The molecule has 0 aliphatic rings. The highest BCUT2D eigenvalue weighted by Crippen LogP contribution is 2.25. The maximum absolute atomic E-state index is 13.7. The fourth-order valence-corrected chi connectivity index (χ4v) is 2.11. The molecule has 0 heterocycles. The molecule has 0 aliphatic heterocycles. The van der Waals surface area contributed by atoms with Crippen LogP contribution in [0.15, 0.2) is 42.5 Å². The van der Waals surface area contributed by atoms with Crippen molar-refractivity contribution in [2.24, 2.45) is 0 Å². The molecule has 128 valence electrons. The first-order valence-corrected chi connectivity index (χ1v) is 7.45. The molecule has 0 bridgehead atoms. The van der Waals surface area contributed by atoms with Gasteiger partial charge in [-0.1, -0.05) is 12.1 Å². The van der Waals surface area contributed by atoms with E-state index in [1.807, 2.05) is 12.1 Å².